The monoisotopic (exact) mass is 787 g/mol. The molecule has 2 aromatic heterocycles. The Kier molecular flexibility index (Phi) is 8.57. The minimum absolute atomic E-state index is 0.392. The van der Waals surface area contributed by atoms with Crippen molar-refractivity contribution in [3.63, 3.8) is 0 Å². The molecule has 2 heterocycles. The summed E-state index contributed by atoms with van der Waals surface area (Å²) in [5, 5.41) is 26.4. The van der Waals surface area contributed by atoms with Gasteiger partial charge in [-0.15, -0.1) is 0 Å². The van der Waals surface area contributed by atoms with Gasteiger partial charge < -0.3 is 9.13 Å². The highest BCUT2D eigenvalue weighted by atomic mass is 15.0. The third-order valence-corrected chi connectivity index (χ3v) is 12.0. The molecule has 0 bridgehead atoms. The van der Waals surface area contributed by atoms with Gasteiger partial charge in [0, 0.05) is 44.0 Å². The Labute approximate surface area is 358 Å². The van der Waals surface area contributed by atoms with Gasteiger partial charge in [-0.3, -0.25) is 0 Å². The van der Waals surface area contributed by atoms with Crippen LogP contribution in [0.15, 0.2) is 200 Å². The Morgan fingerprint density at radius 3 is 1.61 bits per heavy atom. The number of aromatic nitrogens is 2. The Bertz CT molecular complexity index is 3690. The molecule has 0 spiro atoms. The molecule has 0 N–H and O–H groups in total. The molecule has 0 fully saturated rings. The first-order valence-corrected chi connectivity index (χ1v) is 20.4. The van der Waals surface area contributed by atoms with Crippen LogP contribution in [0.5, 0.6) is 0 Å². The minimum atomic E-state index is 0.392. The highest BCUT2D eigenvalue weighted by Crippen LogP contribution is 2.48. The van der Waals surface area contributed by atoms with Crippen LogP contribution in [0.25, 0.3) is 104 Å². The molecule has 11 aromatic rings. The molecule has 5 nitrogen and oxygen atoms in total. The lowest BCUT2D eigenvalue weighted by atomic mass is 9.85. The van der Waals surface area contributed by atoms with Crippen LogP contribution >= 0.6 is 0 Å². The van der Waals surface area contributed by atoms with Crippen molar-refractivity contribution >= 4 is 49.3 Å². The number of nitrogens with zero attached hydrogens (tertiary/aromatic N) is 5. The first-order valence-electron chi connectivity index (χ1n) is 20.4. The van der Waals surface area contributed by atoms with Crippen LogP contribution in [0.3, 0.4) is 0 Å². The predicted molar refractivity (Wildman–Crippen MR) is 253 cm³/mol. The van der Waals surface area contributed by atoms with Crippen LogP contribution in [-0.4, -0.2) is 9.13 Å². The van der Waals surface area contributed by atoms with Crippen LogP contribution in [0.1, 0.15) is 11.1 Å². The summed E-state index contributed by atoms with van der Waals surface area (Å²) >= 11 is 0. The lowest BCUT2D eigenvalue weighted by Crippen LogP contribution is -1.95. The molecule has 0 aliphatic carbocycles. The van der Waals surface area contributed by atoms with Gasteiger partial charge in [-0.25, -0.2) is 4.85 Å². The first kappa shape index (κ1) is 36.2. The fourth-order valence-electron chi connectivity index (χ4n) is 9.44. The maximum absolute atomic E-state index is 11.1. The first-order chi connectivity index (χ1) is 30.7. The zero-order valence-electron chi connectivity index (χ0n) is 33.3. The van der Waals surface area contributed by atoms with E-state index in [0.717, 1.165) is 88.4 Å². The van der Waals surface area contributed by atoms with Gasteiger partial charge in [-0.05, 0) is 88.0 Å². The minimum Gasteiger partial charge on any atom is -0.309 e. The molecule has 0 aliphatic heterocycles. The number of para-hydroxylation sites is 3. The van der Waals surface area contributed by atoms with Gasteiger partial charge in [-0.1, -0.05) is 146 Å². The average molecular weight is 788 g/mol. The van der Waals surface area contributed by atoms with E-state index in [0.29, 0.717) is 27.9 Å². The normalized spacial score (nSPS) is 11.2. The van der Waals surface area contributed by atoms with Crippen molar-refractivity contribution in [3.8, 4) is 68.0 Å². The molecular formula is C57H33N5. The quantitative estimate of drug-likeness (QED) is 0.158. The van der Waals surface area contributed by atoms with Crippen molar-refractivity contribution in [2.75, 3.05) is 0 Å². The number of hydrogen-bond donors (Lipinski definition) is 0. The molecule has 9 aromatic carbocycles. The van der Waals surface area contributed by atoms with Crippen LogP contribution in [0, 0.1) is 29.2 Å². The van der Waals surface area contributed by atoms with Crippen molar-refractivity contribution < 1.29 is 0 Å². The fraction of sp³-hybridized carbons (Fsp3) is 0. The second-order valence-corrected chi connectivity index (χ2v) is 15.3. The van der Waals surface area contributed by atoms with E-state index in [1.165, 1.54) is 0 Å². The van der Waals surface area contributed by atoms with E-state index in [2.05, 4.69) is 129 Å². The number of rotatable bonds is 6. The van der Waals surface area contributed by atoms with Gasteiger partial charge in [0.25, 0.3) is 0 Å². The average Bonchev–Trinajstić information content (AvgIpc) is 3.87. The standard InChI is InChI=1S/C57H33N5/c1-60-57-47(37-17-6-2-7-18-37)34-46(48(36-59)53(57)38-19-8-3-9-20-38)39-29-30-43(40(33-39)35-58)44-26-16-28-50-54(44)56-52(62(50)42-23-12-5-13-24-42)32-31-51-55(56)45-25-14-15-27-49(45)61(51)41-21-10-4-11-22-41/h2-34H. The van der Waals surface area contributed by atoms with Crippen LogP contribution < -0.4 is 0 Å². The summed E-state index contributed by atoms with van der Waals surface area (Å²) in [4.78, 5) is 4.03. The Balaban J connectivity index is 1.21. The Morgan fingerprint density at radius 2 is 0.968 bits per heavy atom. The van der Waals surface area contributed by atoms with Crippen molar-refractivity contribution in [1.29, 1.82) is 10.5 Å². The van der Waals surface area contributed by atoms with Gasteiger partial charge >= 0.3 is 0 Å². The van der Waals surface area contributed by atoms with Crippen molar-refractivity contribution in [1.82, 2.24) is 9.13 Å². The third-order valence-electron chi connectivity index (χ3n) is 12.0. The lowest BCUT2D eigenvalue weighted by molar-refractivity contribution is 1.17. The zero-order valence-corrected chi connectivity index (χ0v) is 33.3. The highest BCUT2D eigenvalue weighted by Gasteiger charge is 2.25. The van der Waals surface area contributed by atoms with Gasteiger partial charge in [-0.2, -0.15) is 10.5 Å². The number of nitriles is 2. The van der Waals surface area contributed by atoms with Gasteiger partial charge in [0.05, 0.1) is 51.9 Å². The van der Waals surface area contributed by atoms with Crippen LogP contribution in [0.2, 0.25) is 0 Å². The lowest BCUT2D eigenvalue weighted by Gasteiger charge is -2.18. The van der Waals surface area contributed by atoms with Crippen molar-refractivity contribution in [2.24, 2.45) is 0 Å². The predicted octanol–water partition coefficient (Wildman–Crippen LogP) is 14.8. The summed E-state index contributed by atoms with van der Waals surface area (Å²) in [7, 11) is 0. The van der Waals surface area contributed by atoms with E-state index in [9.17, 15) is 10.5 Å². The third kappa shape index (κ3) is 5.53. The van der Waals surface area contributed by atoms with Crippen molar-refractivity contribution in [2.45, 2.75) is 0 Å². The van der Waals surface area contributed by atoms with E-state index in [1.54, 1.807) is 0 Å². The summed E-state index contributed by atoms with van der Waals surface area (Å²) in [5.41, 5.74) is 13.8. The molecule has 11 rings (SSSR count). The largest absolute Gasteiger partial charge is 0.309 e. The molecular weight excluding hydrogens is 755 g/mol. The highest BCUT2D eigenvalue weighted by molar-refractivity contribution is 6.31. The second kappa shape index (κ2) is 14.7. The maximum Gasteiger partial charge on any atom is 0.203 e. The SMILES string of the molecule is [C-]#[N+]c1c(-c2ccccc2)cc(-c2ccc(-c3cccc4c3c3c5c6ccccc6n(-c6ccccc6)c5ccc3n4-c3ccccc3)c(C#N)c2)c(C#N)c1-c1ccccc1. The summed E-state index contributed by atoms with van der Waals surface area (Å²) in [6, 6.07) is 72.7. The summed E-state index contributed by atoms with van der Waals surface area (Å²) in [5.74, 6) is 0. The van der Waals surface area contributed by atoms with E-state index < -0.39 is 0 Å². The molecule has 0 unspecified atom stereocenters. The number of benzene rings is 9. The van der Waals surface area contributed by atoms with E-state index in [-0.39, 0.29) is 0 Å². The van der Waals surface area contributed by atoms with Gasteiger partial charge in [0.15, 0.2) is 0 Å². The van der Waals surface area contributed by atoms with Gasteiger partial charge in [0.1, 0.15) is 0 Å². The second-order valence-electron chi connectivity index (χ2n) is 15.3. The molecule has 0 saturated heterocycles. The molecule has 0 amide bonds. The van der Waals surface area contributed by atoms with E-state index in [4.69, 9.17) is 6.57 Å². The smallest absolute Gasteiger partial charge is 0.203 e. The zero-order chi connectivity index (χ0) is 41.7. The maximum atomic E-state index is 11.1. The van der Waals surface area contributed by atoms with Crippen LogP contribution in [0.4, 0.5) is 5.69 Å². The van der Waals surface area contributed by atoms with Gasteiger partial charge in [0.2, 0.25) is 5.69 Å². The number of hydrogen-bond acceptors (Lipinski definition) is 2. The van der Waals surface area contributed by atoms with Crippen LogP contribution in [-0.2, 0) is 0 Å². The number of fused-ring (bicyclic) bond motifs is 7. The fourth-order valence-corrected chi connectivity index (χ4v) is 9.44. The molecule has 0 radical (unpaired) electrons. The van der Waals surface area contributed by atoms with Crippen molar-refractivity contribution in [3.05, 3.63) is 223 Å². The molecule has 286 valence electrons. The summed E-state index contributed by atoms with van der Waals surface area (Å²) in [6.45, 7) is 8.35. The molecule has 0 atom stereocenters. The summed E-state index contributed by atoms with van der Waals surface area (Å²) < 4.78 is 4.67. The molecule has 5 heteroatoms. The molecule has 0 saturated carbocycles. The Hall–Kier alpha value is -8.95. The summed E-state index contributed by atoms with van der Waals surface area (Å²) in [6.07, 6.45) is 0. The topological polar surface area (TPSA) is 61.8 Å². The Morgan fingerprint density at radius 1 is 0.403 bits per heavy atom. The molecule has 62 heavy (non-hydrogen) atoms. The van der Waals surface area contributed by atoms with E-state index in [1.807, 2.05) is 97.1 Å². The van der Waals surface area contributed by atoms with E-state index >= 15 is 0 Å². The molecule has 0 aliphatic rings.